The van der Waals surface area contributed by atoms with Crippen LogP contribution in [0.4, 0.5) is 0 Å². The van der Waals surface area contributed by atoms with E-state index < -0.39 is 12.1 Å². The normalized spacial score (nSPS) is 12.9. The fraction of sp³-hybridized carbons (Fsp3) is 0.516. The van der Waals surface area contributed by atoms with Gasteiger partial charge < -0.3 is 14.6 Å². The Morgan fingerprint density at radius 2 is 1.71 bits per heavy atom. The number of esters is 1. The Morgan fingerprint density at radius 1 is 1.03 bits per heavy atom. The topological polar surface area (TPSA) is 90.7 Å². The van der Waals surface area contributed by atoms with Gasteiger partial charge in [0.15, 0.2) is 5.82 Å². The fourth-order valence-corrected chi connectivity index (χ4v) is 4.34. The Hall–Kier alpha value is -3.19. The lowest BCUT2D eigenvalue weighted by Crippen LogP contribution is -2.30. The number of aromatic nitrogens is 2. The molecule has 38 heavy (non-hydrogen) atoms. The van der Waals surface area contributed by atoms with E-state index in [1.54, 1.807) is 31.2 Å². The Morgan fingerprint density at radius 3 is 2.37 bits per heavy atom. The molecule has 1 atom stereocenters. The van der Waals surface area contributed by atoms with Crippen molar-refractivity contribution in [3.63, 3.8) is 0 Å². The summed E-state index contributed by atoms with van der Waals surface area (Å²) in [6.07, 6.45) is 0.830. The van der Waals surface area contributed by atoms with Gasteiger partial charge in [-0.3, -0.25) is 9.36 Å². The smallest absolute Gasteiger partial charge is 0.342 e. The molecule has 0 spiro atoms. The number of fused-ring (bicyclic) bond motifs is 1. The van der Waals surface area contributed by atoms with Gasteiger partial charge >= 0.3 is 5.97 Å². The highest BCUT2D eigenvalue weighted by atomic mass is 16.5. The molecule has 0 saturated heterocycles. The lowest BCUT2D eigenvalue weighted by atomic mass is 9.76. The lowest BCUT2D eigenvalue weighted by molar-refractivity contribution is -0.154. The van der Waals surface area contributed by atoms with E-state index in [0.29, 0.717) is 23.9 Å². The van der Waals surface area contributed by atoms with Crippen LogP contribution in [-0.2, 0) is 26.9 Å². The predicted molar refractivity (Wildman–Crippen MR) is 151 cm³/mol. The maximum Gasteiger partial charge on any atom is 0.342 e. The number of hydrogen-bond donors (Lipinski definition) is 1. The van der Waals surface area contributed by atoms with Crippen molar-refractivity contribution in [2.24, 2.45) is 0 Å². The number of hydrogen-bond acceptors (Lipinski definition) is 6. The molecule has 0 radical (unpaired) electrons. The Kier molecular flexibility index (Phi) is 9.36. The van der Waals surface area contributed by atoms with Crippen LogP contribution in [0.3, 0.4) is 0 Å². The summed E-state index contributed by atoms with van der Waals surface area (Å²) in [5.74, 6) is -0.0180. The maximum absolute atomic E-state index is 13.3. The summed E-state index contributed by atoms with van der Waals surface area (Å²) in [6, 6.07) is 13.4. The van der Waals surface area contributed by atoms with Gasteiger partial charge in [-0.15, -0.1) is 0 Å². The first-order valence-electron chi connectivity index (χ1n) is 13.6. The van der Waals surface area contributed by atoms with Crippen LogP contribution in [0, 0.1) is 0 Å². The van der Waals surface area contributed by atoms with Crippen LogP contribution in [0.15, 0.2) is 47.3 Å². The van der Waals surface area contributed by atoms with Gasteiger partial charge in [0.2, 0.25) is 6.10 Å². The molecular formula is C31H42N2O5. The molecule has 0 aliphatic rings. The summed E-state index contributed by atoms with van der Waals surface area (Å²) >= 11 is 0. The monoisotopic (exact) mass is 522 g/mol. The van der Waals surface area contributed by atoms with Crippen molar-refractivity contribution in [3.05, 3.63) is 69.8 Å². The fourth-order valence-electron chi connectivity index (χ4n) is 4.34. The zero-order valence-corrected chi connectivity index (χ0v) is 23.8. The molecule has 0 amide bonds. The second kappa shape index (κ2) is 12.1. The van der Waals surface area contributed by atoms with Gasteiger partial charge in [-0.1, -0.05) is 65.8 Å². The summed E-state index contributed by atoms with van der Waals surface area (Å²) < 4.78 is 12.6. The predicted octanol–water partition coefficient (Wildman–Crippen LogP) is 5.84. The van der Waals surface area contributed by atoms with Crippen LogP contribution in [0.5, 0.6) is 5.75 Å². The molecule has 1 N–H and O–H groups in total. The molecule has 3 aromatic rings. The molecule has 0 aliphatic heterocycles. The molecular weight excluding hydrogens is 480 g/mol. The first-order valence-corrected chi connectivity index (χ1v) is 13.6. The molecule has 2 aromatic carbocycles. The zero-order chi connectivity index (χ0) is 28.1. The van der Waals surface area contributed by atoms with Gasteiger partial charge in [0, 0.05) is 12.1 Å². The molecule has 7 heteroatoms. The van der Waals surface area contributed by atoms with Crippen LogP contribution >= 0.6 is 0 Å². The van der Waals surface area contributed by atoms with E-state index in [4.69, 9.17) is 9.47 Å². The number of aliphatic hydroxyl groups excluding tert-OH is 1. The third-order valence-electron chi connectivity index (χ3n) is 7.69. The lowest BCUT2D eigenvalue weighted by Gasteiger charge is -2.30. The van der Waals surface area contributed by atoms with Crippen LogP contribution in [0.2, 0.25) is 0 Å². The molecule has 1 aromatic heterocycles. The SMILES string of the molecule is CCOC(=O)C(O)c1nc2ccccc2c(=O)n1CCCOc1ccc(C(C)(C)CC)cc1C(C)(C)CC. The van der Waals surface area contributed by atoms with Crippen molar-refractivity contribution < 1.29 is 19.4 Å². The summed E-state index contributed by atoms with van der Waals surface area (Å²) in [7, 11) is 0. The summed E-state index contributed by atoms with van der Waals surface area (Å²) in [5, 5.41) is 11.1. The van der Waals surface area contributed by atoms with Crippen molar-refractivity contribution in [1.82, 2.24) is 9.55 Å². The molecule has 1 heterocycles. The highest BCUT2D eigenvalue weighted by molar-refractivity contribution is 5.79. The number of para-hydroxylation sites is 1. The summed E-state index contributed by atoms with van der Waals surface area (Å²) in [6.45, 7) is 15.7. The van der Waals surface area contributed by atoms with E-state index in [2.05, 4.69) is 64.7 Å². The van der Waals surface area contributed by atoms with E-state index in [9.17, 15) is 14.7 Å². The van der Waals surface area contributed by atoms with Crippen LogP contribution in [0.25, 0.3) is 10.9 Å². The summed E-state index contributed by atoms with van der Waals surface area (Å²) in [4.78, 5) is 30.0. The van der Waals surface area contributed by atoms with Crippen LogP contribution in [0.1, 0.15) is 90.8 Å². The Labute approximate surface area is 225 Å². The number of carbonyl (C=O) groups excluding carboxylic acids is 1. The van der Waals surface area contributed by atoms with Crippen molar-refractivity contribution >= 4 is 16.9 Å². The quantitative estimate of drug-likeness (QED) is 0.237. The van der Waals surface area contributed by atoms with Gasteiger partial charge in [0.05, 0.1) is 24.1 Å². The van der Waals surface area contributed by atoms with Gasteiger partial charge in [0.25, 0.3) is 5.56 Å². The van der Waals surface area contributed by atoms with Gasteiger partial charge in [-0.05, 0) is 60.8 Å². The molecule has 0 saturated carbocycles. The number of ether oxygens (including phenoxy) is 2. The summed E-state index contributed by atoms with van der Waals surface area (Å²) in [5.41, 5.74) is 2.57. The third-order valence-corrected chi connectivity index (χ3v) is 7.69. The molecule has 7 nitrogen and oxygen atoms in total. The number of carbonyl (C=O) groups is 1. The minimum Gasteiger partial charge on any atom is -0.493 e. The van der Waals surface area contributed by atoms with Crippen LogP contribution in [-0.4, -0.2) is 33.8 Å². The standard InChI is InChI=1S/C31H42N2O5/c1-8-30(4,5)21-16-17-25(23(20-21)31(6,7)9-2)38-19-13-18-33-27(26(34)29(36)37-10-3)32-24-15-12-11-14-22(24)28(33)35/h11-12,14-17,20,26,34H,8-10,13,18-19H2,1-7H3. The second-order valence-electron chi connectivity index (χ2n) is 11.0. The van der Waals surface area contributed by atoms with E-state index >= 15 is 0 Å². The molecule has 3 rings (SSSR count). The second-order valence-corrected chi connectivity index (χ2v) is 11.0. The molecule has 0 bridgehead atoms. The average molecular weight is 523 g/mol. The Balaban J connectivity index is 1.87. The van der Waals surface area contributed by atoms with Gasteiger partial charge in [0.1, 0.15) is 5.75 Å². The van der Waals surface area contributed by atoms with Crippen molar-refractivity contribution in [2.75, 3.05) is 13.2 Å². The zero-order valence-electron chi connectivity index (χ0n) is 23.8. The van der Waals surface area contributed by atoms with Gasteiger partial charge in [-0.2, -0.15) is 0 Å². The molecule has 1 unspecified atom stereocenters. The molecule has 0 fully saturated rings. The third kappa shape index (κ3) is 6.26. The number of nitrogens with zero attached hydrogens (tertiary/aromatic N) is 2. The molecule has 0 aliphatic carbocycles. The first kappa shape index (κ1) is 29.4. The number of benzene rings is 2. The minimum absolute atomic E-state index is 0.0221. The van der Waals surface area contributed by atoms with E-state index in [1.807, 2.05) is 0 Å². The highest BCUT2D eigenvalue weighted by Gasteiger charge is 2.27. The van der Waals surface area contributed by atoms with E-state index in [-0.39, 0.29) is 35.4 Å². The Bertz CT molecular complexity index is 1330. The van der Waals surface area contributed by atoms with Gasteiger partial charge in [-0.25, -0.2) is 9.78 Å². The average Bonchev–Trinajstić information content (AvgIpc) is 2.91. The first-order chi connectivity index (χ1) is 18.0. The number of rotatable bonds is 12. The van der Waals surface area contributed by atoms with Crippen LogP contribution < -0.4 is 10.3 Å². The largest absolute Gasteiger partial charge is 0.493 e. The maximum atomic E-state index is 13.3. The van der Waals surface area contributed by atoms with Crippen molar-refractivity contribution in [1.29, 1.82) is 0 Å². The number of aliphatic hydroxyl groups is 1. The van der Waals surface area contributed by atoms with E-state index in [1.165, 1.54) is 15.7 Å². The minimum atomic E-state index is -1.65. The van der Waals surface area contributed by atoms with Crippen molar-refractivity contribution in [2.45, 2.75) is 91.2 Å². The van der Waals surface area contributed by atoms with Crippen molar-refractivity contribution in [3.8, 4) is 5.75 Å². The highest BCUT2D eigenvalue weighted by Crippen LogP contribution is 2.38. The van der Waals surface area contributed by atoms with E-state index in [0.717, 1.165) is 18.6 Å². The molecule has 206 valence electrons.